The molecule has 98 valence electrons. The summed E-state index contributed by atoms with van der Waals surface area (Å²) in [5, 5.41) is 0.723. The minimum atomic E-state index is -0.294. The van der Waals surface area contributed by atoms with E-state index in [0.717, 1.165) is 23.9 Å². The van der Waals surface area contributed by atoms with Crippen LogP contribution >= 0.6 is 0 Å². The van der Waals surface area contributed by atoms with Gasteiger partial charge in [0.2, 0.25) is 0 Å². The van der Waals surface area contributed by atoms with Crippen LogP contribution in [-0.4, -0.2) is 41.1 Å². The van der Waals surface area contributed by atoms with Crippen molar-refractivity contribution in [3.8, 4) is 0 Å². The summed E-state index contributed by atoms with van der Waals surface area (Å²) in [5.41, 5.74) is 1.29. The van der Waals surface area contributed by atoms with Crippen molar-refractivity contribution in [1.82, 2.24) is 9.88 Å². The number of benzene rings is 1. The highest BCUT2D eigenvalue weighted by Crippen LogP contribution is 2.31. The van der Waals surface area contributed by atoms with Gasteiger partial charge in [0.05, 0.1) is 6.10 Å². The Hall–Kier alpha value is -1.88. The molecule has 1 amide bonds. The average molecular weight is 260 g/mol. The van der Waals surface area contributed by atoms with Crippen LogP contribution in [0.5, 0.6) is 0 Å². The zero-order valence-electron chi connectivity index (χ0n) is 10.2. The molecule has 0 radical (unpaired) electrons. The van der Waals surface area contributed by atoms with Crippen molar-refractivity contribution < 1.29 is 13.9 Å². The van der Waals surface area contributed by atoms with E-state index in [1.54, 1.807) is 17.0 Å². The number of carbonyl (C=O) groups excluding carboxylic acids is 1. The Morgan fingerprint density at radius 2 is 2.26 bits per heavy atom. The van der Waals surface area contributed by atoms with Crippen molar-refractivity contribution in [2.24, 2.45) is 0 Å². The third-order valence-corrected chi connectivity index (χ3v) is 3.87. The minimum absolute atomic E-state index is 0.0365. The summed E-state index contributed by atoms with van der Waals surface area (Å²) in [4.78, 5) is 17.2. The fourth-order valence-corrected chi connectivity index (χ4v) is 2.76. The number of hydrogen-bond acceptors (Lipinski definition) is 2. The molecule has 1 aromatic heterocycles. The summed E-state index contributed by atoms with van der Waals surface area (Å²) in [6.45, 7) is 1.39. The molecule has 0 spiro atoms. The van der Waals surface area contributed by atoms with Crippen molar-refractivity contribution >= 4 is 16.8 Å². The van der Waals surface area contributed by atoms with Gasteiger partial charge in [-0.1, -0.05) is 0 Å². The highest BCUT2D eigenvalue weighted by Gasteiger charge is 2.44. The summed E-state index contributed by atoms with van der Waals surface area (Å²) >= 11 is 0. The Bertz CT molecular complexity index is 667. The number of H-pyrrole nitrogens is 1. The summed E-state index contributed by atoms with van der Waals surface area (Å²) in [5.74, 6) is -0.330. The number of nitrogens with one attached hydrogen (secondary N) is 1. The summed E-state index contributed by atoms with van der Waals surface area (Å²) in [6.07, 6.45) is 1.49. The molecular formula is C14H13FN2O2. The lowest BCUT2D eigenvalue weighted by molar-refractivity contribution is 0.0731. The van der Waals surface area contributed by atoms with Gasteiger partial charge in [0.25, 0.3) is 5.91 Å². The number of carbonyl (C=O) groups is 1. The van der Waals surface area contributed by atoms with E-state index in [1.165, 1.54) is 12.1 Å². The number of nitrogens with zero attached hydrogens (tertiary/aromatic N) is 1. The van der Waals surface area contributed by atoms with E-state index in [9.17, 15) is 9.18 Å². The lowest BCUT2D eigenvalue weighted by Crippen LogP contribution is -2.39. The van der Waals surface area contributed by atoms with Crippen LogP contribution in [0.4, 0.5) is 4.39 Å². The number of aromatic amines is 1. The molecule has 1 N–H and O–H groups in total. The van der Waals surface area contributed by atoms with Crippen LogP contribution in [0.15, 0.2) is 24.3 Å². The fraction of sp³-hybridized carbons (Fsp3) is 0.357. The van der Waals surface area contributed by atoms with Crippen LogP contribution in [0.2, 0.25) is 0 Å². The largest absolute Gasteiger partial charge is 0.368 e. The maximum atomic E-state index is 13.1. The van der Waals surface area contributed by atoms with Crippen molar-refractivity contribution in [3.63, 3.8) is 0 Å². The molecule has 5 heteroatoms. The molecular weight excluding hydrogens is 247 g/mol. The van der Waals surface area contributed by atoms with Crippen molar-refractivity contribution in [3.05, 3.63) is 35.8 Å². The van der Waals surface area contributed by atoms with Gasteiger partial charge in [0, 0.05) is 24.0 Å². The van der Waals surface area contributed by atoms with E-state index in [1.807, 2.05) is 0 Å². The first-order valence-corrected chi connectivity index (χ1v) is 6.44. The second kappa shape index (κ2) is 3.81. The van der Waals surface area contributed by atoms with Gasteiger partial charge in [-0.05, 0) is 30.7 Å². The van der Waals surface area contributed by atoms with Gasteiger partial charge < -0.3 is 14.6 Å². The molecule has 2 saturated heterocycles. The number of halogens is 1. The monoisotopic (exact) mass is 260 g/mol. The van der Waals surface area contributed by atoms with Crippen LogP contribution < -0.4 is 0 Å². The molecule has 4 rings (SSSR count). The maximum absolute atomic E-state index is 13.1. The highest BCUT2D eigenvalue weighted by molar-refractivity contribution is 5.98. The Morgan fingerprint density at radius 1 is 1.37 bits per heavy atom. The number of epoxide rings is 1. The Balaban J connectivity index is 1.63. The molecule has 1 aromatic carbocycles. The van der Waals surface area contributed by atoms with E-state index in [4.69, 9.17) is 4.74 Å². The summed E-state index contributed by atoms with van der Waals surface area (Å²) in [6, 6.07) is 6.17. The summed E-state index contributed by atoms with van der Waals surface area (Å²) < 4.78 is 18.5. The fourth-order valence-electron chi connectivity index (χ4n) is 2.76. The normalized spacial score (nSPS) is 25.4. The number of amides is 1. The smallest absolute Gasteiger partial charge is 0.270 e. The van der Waals surface area contributed by atoms with Crippen LogP contribution in [-0.2, 0) is 4.74 Å². The van der Waals surface area contributed by atoms with Gasteiger partial charge in [0.1, 0.15) is 17.6 Å². The molecule has 4 nitrogen and oxygen atoms in total. The van der Waals surface area contributed by atoms with Crippen molar-refractivity contribution in [2.75, 3.05) is 13.1 Å². The number of ether oxygens (including phenoxy) is 1. The molecule has 2 fully saturated rings. The lowest BCUT2D eigenvalue weighted by atomic mass is 10.1. The first-order chi connectivity index (χ1) is 9.20. The van der Waals surface area contributed by atoms with Gasteiger partial charge >= 0.3 is 0 Å². The molecule has 19 heavy (non-hydrogen) atoms. The van der Waals surface area contributed by atoms with Crippen molar-refractivity contribution in [1.29, 1.82) is 0 Å². The van der Waals surface area contributed by atoms with Gasteiger partial charge in [-0.15, -0.1) is 0 Å². The third kappa shape index (κ3) is 1.81. The first kappa shape index (κ1) is 11.0. The average Bonchev–Trinajstić information content (AvgIpc) is 3.07. The SMILES string of the molecule is O=C(c1cc2cc(F)ccc2[nH]1)N1CC[C@H]2O[C@H]2C1. The quantitative estimate of drug-likeness (QED) is 0.796. The number of fused-ring (bicyclic) bond motifs is 2. The van der Waals surface area contributed by atoms with Gasteiger partial charge in [-0.3, -0.25) is 4.79 Å². The second-order valence-corrected chi connectivity index (χ2v) is 5.17. The highest BCUT2D eigenvalue weighted by atomic mass is 19.1. The predicted molar refractivity (Wildman–Crippen MR) is 67.4 cm³/mol. The van der Waals surface area contributed by atoms with E-state index in [-0.39, 0.29) is 17.8 Å². The second-order valence-electron chi connectivity index (χ2n) is 5.17. The Labute approximate surface area is 109 Å². The third-order valence-electron chi connectivity index (χ3n) is 3.87. The maximum Gasteiger partial charge on any atom is 0.270 e. The van der Waals surface area contributed by atoms with Crippen LogP contribution in [0.1, 0.15) is 16.9 Å². The number of likely N-dealkylation sites (tertiary alicyclic amines) is 1. The van der Waals surface area contributed by atoms with Crippen LogP contribution in [0.25, 0.3) is 10.9 Å². The number of rotatable bonds is 1. The predicted octanol–water partition coefficient (Wildman–Crippen LogP) is 1.92. The Morgan fingerprint density at radius 3 is 3.11 bits per heavy atom. The number of piperidine rings is 1. The van der Waals surface area contributed by atoms with E-state index in [0.29, 0.717) is 18.3 Å². The molecule has 2 aliphatic heterocycles. The van der Waals surface area contributed by atoms with Crippen LogP contribution in [0.3, 0.4) is 0 Å². The topological polar surface area (TPSA) is 48.6 Å². The lowest BCUT2D eigenvalue weighted by Gasteiger charge is -2.23. The molecule has 0 unspecified atom stereocenters. The summed E-state index contributed by atoms with van der Waals surface area (Å²) in [7, 11) is 0. The minimum Gasteiger partial charge on any atom is -0.368 e. The van der Waals surface area contributed by atoms with Crippen LogP contribution in [0, 0.1) is 5.82 Å². The van der Waals surface area contributed by atoms with Gasteiger partial charge in [0.15, 0.2) is 0 Å². The van der Waals surface area contributed by atoms with E-state index < -0.39 is 0 Å². The molecule has 2 atom stereocenters. The van der Waals surface area contributed by atoms with E-state index >= 15 is 0 Å². The zero-order chi connectivity index (χ0) is 13.0. The standard InChI is InChI=1S/C14H13FN2O2/c15-9-1-2-10-8(5-9)6-11(16-10)14(18)17-4-3-12-13(7-17)19-12/h1-2,5-6,12-13,16H,3-4,7H2/t12-,13+/m1/s1. The Kier molecular flexibility index (Phi) is 2.20. The molecule has 0 saturated carbocycles. The number of hydrogen-bond donors (Lipinski definition) is 1. The molecule has 3 heterocycles. The molecule has 2 aromatic rings. The number of aromatic nitrogens is 1. The molecule has 0 bridgehead atoms. The first-order valence-electron chi connectivity index (χ1n) is 6.44. The molecule has 0 aliphatic carbocycles. The van der Waals surface area contributed by atoms with Gasteiger partial charge in [-0.25, -0.2) is 4.39 Å². The van der Waals surface area contributed by atoms with Crippen molar-refractivity contribution in [2.45, 2.75) is 18.6 Å². The zero-order valence-corrected chi connectivity index (χ0v) is 10.2. The molecule has 2 aliphatic rings. The van der Waals surface area contributed by atoms with Gasteiger partial charge in [-0.2, -0.15) is 0 Å². The van der Waals surface area contributed by atoms with E-state index in [2.05, 4.69) is 4.98 Å².